The van der Waals surface area contributed by atoms with Gasteiger partial charge in [0, 0.05) is 0 Å². The molecule has 0 aliphatic heterocycles. The van der Waals surface area contributed by atoms with E-state index < -0.39 is 30.7 Å². The van der Waals surface area contributed by atoms with Gasteiger partial charge in [-0.2, -0.15) is 0 Å². The van der Waals surface area contributed by atoms with E-state index in [0.29, 0.717) is 0 Å². The summed E-state index contributed by atoms with van der Waals surface area (Å²) in [5, 5.41) is 0. The van der Waals surface area contributed by atoms with Gasteiger partial charge in [-0.05, 0) is 23.6 Å². The minimum Gasteiger partial charge on any atom is -0.325 e. The van der Waals surface area contributed by atoms with Crippen molar-refractivity contribution in [2.75, 3.05) is 0 Å². The van der Waals surface area contributed by atoms with Crippen LogP contribution in [0.2, 0.25) is 9.62 Å². The van der Waals surface area contributed by atoms with Gasteiger partial charge in [-0.3, -0.25) is 0 Å². The summed E-state index contributed by atoms with van der Waals surface area (Å²) in [6.07, 6.45) is 21.8. The normalized spacial score (nSPS) is 11.5. The van der Waals surface area contributed by atoms with E-state index in [1.165, 1.54) is 103 Å². The van der Waals surface area contributed by atoms with E-state index >= 15 is 0 Å². The molecule has 0 aromatic carbocycles. The summed E-state index contributed by atoms with van der Waals surface area (Å²) in [4.78, 5) is 47.5. The molecule has 0 saturated heterocycles. The molecule has 32 heavy (non-hydrogen) atoms. The number of unbranched alkanes of at least 4 members (excludes halogenated alkanes) is 14. The fourth-order valence-electron chi connectivity index (χ4n) is 2.90. The summed E-state index contributed by atoms with van der Waals surface area (Å²) in [5.74, 6) is 0. The van der Waals surface area contributed by atoms with Gasteiger partial charge in [-0.15, -0.1) is 0 Å². The quantitative estimate of drug-likeness (QED) is 0.0579. The van der Waals surface area contributed by atoms with E-state index in [0.717, 1.165) is 9.62 Å². The van der Waals surface area contributed by atoms with Crippen molar-refractivity contribution in [3.8, 4) is 0 Å². The number of hydrogen-bond donors (Lipinski definition) is 6. The maximum Gasteiger partial charge on any atom is 0.319 e. The second-order valence-electron chi connectivity index (χ2n) is 7.82. The van der Waals surface area contributed by atoms with Gasteiger partial charge in [-0.1, -0.05) is 0 Å². The zero-order valence-corrected chi connectivity index (χ0v) is 25.4. The van der Waals surface area contributed by atoms with Crippen molar-refractivity contribution in [1.29, 1.82) is 0 Å². The van der Waals surface area contributed by atoms with Gasteiger partial charge in [-0.25, -0.2) is 0 Å². The van der Waals surface area contributed by atoms with Crippen molar-refractivity contribution in [3.05, 3.63) is 0 Å². The largest absolute Gasteiger partial charge is 0.325 e. The summed E-state index contributed by atoms with van der Waals surface area (Å²) < 4.78 is 12.0. The fourth-order valence-corrected chi connectivity index (χ4v) is 5.98. The predicted molar refractivity (Wildman–Crippen MR) is 137 cm³/mol. The third-order valence-electron chi connectivity index (χ3n) is 4.45. The first-order valence-electron chi connectivity index (χ1n) is 11.7. The zero-order chi connectivity index (χ0) is 25.3. The van der Waals surface area contributed by atoms with E-state index in [4.69, 9.17) is 29.4 Å². The molecular formula is C20H48MoO7P2S2. The summed E-state index contributed by atoms with van der Waals surface area (Å²) in [6, 6.07) is 0. The van der Waals surface area contributed by atoms with Crippen LogP contribution in [0.25, 0.3) is 0 Å². The van der Waals surface area contributed by atoms with Gasteiger partial charge in [0.15, 0.2) is 0 Å². The van der Waals surface area contributed by atoms with E-state index in [1.54, 1.807) is 0 Å². The SMILES string of the molecule is CCCCCCCCC[CH2][Mo](=[O])[CH2]CCCCCCCCC.OP(O)(O)=S.OP(O)(O)=S. The van der Waals surface area contributed by atoms with E-state index in [2.05, 4.69) is 37.5 Å². The average Bonchev–Trinajstić information content (AvgIpc) is 2.63. The first kappa shape index (κ1) is 38.1. The minimum absolute atomic E-state index is 1.09. The first-order valence-corrected chi connectivity index (χ1v) is 20.7. The molecule has 7 nitrogen and oxygen atoms in total. The maximum atomic E-state index is 12.0. The Kier molecular flexibility index (Phi) is 32.3. The van der Waals surface area contributed by atoms with E-state index in [9.17, 15) is 3.40 Å². The summed E-state index contributed by atoms with van der Waals surface area (Å²) >= 11 is 5.32. The van der Waals surface area contributed by atoms with Crippen LogP contribution in [0.15, 0.2) is 0 Å². The average molecular weight is 623 g/mol. The van der Waals surface area contributed by atoms with Crippen LogP contribution in [0.5, 0.6) is 0 Å². The molecule has 0 aromatic heterocycles. The molecule has 0 radical (unpaired) electrons. The van der Waals surface area contributed by atoms with Gasteiger partial charge in [0.25, 0.3) is 0 Å². The molecule has 0 heterocycles. The van der Waals surface area contributed by atoms with Crippen LogP contribution in [0, 0.1) is 0 Å². The smallest absolute Gasteiger partial charge is 0.319 e. The molecular weight excluding hydrogens is 574 g/mol. The summed E-state index contributed by atoms with van der Waals surface area (Å²) in [5.41, 5.74) is 0. The molecule has 0 rings (SSSR count). The zero-order valence-electron chi connectivity index (χ0n) is 19.9. The Labute approximate surface area is 212 Å². The Morgan fingerprint density at radius 3 is 0.906 bits per heavy atom. The van der Waals surface area contributed by atoms with Crippen LogP contribution in [0.1, 0.15) is 117 Å². The van der Waals surface area contributed by atoms with Crippen LogP contribution in [0.4, 0.5) is 0 Å². The molecule has 12 heteroatoms. The Hall–Kier alpha value is 1.55. The molecule has 0 aromatic rings. The van der Waals surface area contributed by atoms with Crippen LogP contribution >= 0.6 is 13.4 Å². The molecule has 198 valence electrons. The second kappa shape index (κ2) is 27.1. The van der Waals surface area contributed by atoms with Crippen molar-refractivity contribution in [3.63, 3.8) is 0 Å². The molecule has 0 unspecified atom stereocenters. The van der Waals surface area contributed by atoms with Gasteiger partial charge < -0.3 is 29.4 Å². The first-order chi connectivity index (χ1) is 14.8. The van der Waals surface area contributed by atoms with Crippen molar-refractivity contribution in [1.82, 2.24) is 0 Å². The third kappa shape index (κ3) is 63.4. The summed E-state index contributed by atoms with van der Waals surface area (Å²) in [7, 11) is 0. The Bertz CT molecular complexity index is 444. The summed E-state index contributed by atoms with van der Waals surface area (Å²) in [6.45, 7) is -3.07. The third-order valence-corrected chi connectivity index (χ3v) is 8.11. The maximum absolute atomic E-state index is 12.0. The monoisotopic (exact) mass is 624 g/mol. The molecule has 6 N–H and O–H groups in total. The molecule has 0 atom stereocenters. The van der Waals surface area contributed by atoms with E-state index in [-0.39, 0.29) is 0 Å². The molecule has 0 saturated carbocycles. The molecule has 0 aliphatic carbocycles. The van der Waals surface area contributed by atoms with Gasteiger partial charge in [0.2, 0.25) is 0 Å². The standard InChI is InChI=1S/2C10H21.Mo.2H3O3PS.O/c2*1-3-5-7-9-10-8-6-4-2;;2*1-4(2,3)5;/h2*1,3-10H2,2H3;;2*(H3,1,2,3,5);. The molecule has 0 fully saturated rings. The molecule has 0 spiro atoms. The fraction of sp³-hybridized carbons (Fsp3) is 1.00. The molecule has 0 bridgehead atoms. The van der Waals surface area contributed by atoms with Crippen LogP contribution in [-0.4, -0.2) is 29.4 Å². The van der Waals surface area contributed by atoms with E-state index in [1.807, 2.05) is 0 Å². The number of rotatable bonds is 18. The van der Waals surface area contributed by atoms with Gasteiger partial charge >= 0.3 is 160 Å². The predicted octanol–water partition coefficient (Wildman–Crippen LogP) is 6.44. The number of hydrogen-bond acceptors (Lipinski definition) is 3. The molecule has 0 aliphatic rings. The van der Waals surface area contributed by atoms with Crippen molar-refractivity contribution >= 4 is 37.1 Å². The topological polar surface area (TPSA) is 138 Å². The Balaban J connectivity index is -0.000000695. The van der Waals surface area contributed by atoms with Crippen LogP contribution in [-0.2, 0) is 44.3 Å². The van der Waals surface area contributed by atoms with Gasteiger partial charge in [0.05, 0.1) is 0 Å². The van der Waals surface area contributed by atoms with Crippen molar-refractivity contribution in [2.24, 2.45) is 0 Å². The Morgan fingerprint density at radius 1 is 0.500 bits per heavy atom. The van der Waals surface area contributed by atoms with Crippen LogP contribution in [0.3, 0.4) is 0 Å². The minimum atomic E-state index is -3.81. The van der Waals surface area contributed by atoms with Crippen molar-refractivity contribution < 1.29 is 50.0 Å². The van der Waals surface area contributed by atoms with Crippen LogP contribution < -0.4 is 0 Å². The Morgan fingerprint density at radius 2 is 0.688 bits per heavy atom. The second-order valence-corrected chi connectivity index (χ2v) is 17.0. The molecule has 0 amide bonds. The van der Waals surface area contributed by atoms with Gasteiger partial charge in [0.1, 0.15) is 0 Å². The van der Waals surface area contributed by atoms with Crippen molar-refractivity contribution in [2.45, 2.75) is 126 Å².